The Morgan fingerprint density at radius 3 is 2.70 bits per heavy atom. The van der Waals surface area contributed by atoms with Crippen molar-refractivity contribution in [3.05, 3.63) is 29.3 Å². The van der Waals surface area contributed by atoms with Crippen LogP contribution >= 0.6 is 11.6 Å². The summed E-state index contributed by atoms with van der Waals surface area (Å²) in [5.74, 6) is -0.291. The van der Waals surface area contributed by atoms with Gasteiger partial charge in [-0.25, -0.2) is 14.6 Å². The lowest BCUT2D eigenvalue weighted by atomic mass is 10.2. The maximum Gasteiger partial charge on any atom is 0.411 e. The highest BCUT2D eigenvalue weighted by atomic mass is 35.5. The molecule has 1 fully saturated rings. The average Bonchev–Trinajstić information content (AvgIpc) is 3.06. The van der Waals surface area contributed by atoms with Crippen molar-refractivity contribution in [2.45, 2.75) is 51.9 Å². The number of ether oxygens (including phenoxy) is 3. The molecule has 0 bridgehead atoms. The number of rotatable bonds is 5. The van der Waals surface area contributed by atoms with Crippen LogP contribution < -0.4 is 9.47 Å². The second-order valence-electron chi connectivity index (χ2n) is 7.99. The Kier molecular flexibility index (Phi) is 6.26. The highest BCUT2D eigenvalue weighted by Crippen LogP contribution is 2.35. The van der Waals surface area contributed by atoms with E-state index in [2.05, 4.69) is 4.98 Å². The van der Waals surface area contributed by atoms with Crippen molar-refractivity contribution in [3.8, 4) is 11.6 Å². The van der Waals surface area contributed by atoms with Gasteiger partial charge in [-0.1, -0.05) is 17.7 Å². The summed E-state index contributed by atoms with van der Waals surface area (Å²) in [6, 6.07) is 5.92. The highest BCUT2D eigenvalue weighted by Gasteiger charge is 2.42. The predicted molar refractivity (Wildman–Crippen MR) is 111 cm³/mol. The van der Waals surface area contributed by atoms with Gasteiger partial charge < -0.3 is 19.3 Å². The summed E-state index contributed by atoms with van der Waals surface area (Å²) in [5.41, 5.74) is -0.208. The number of pyridine rings is 1. The first-order chi connectivity index (χ1) is 14.1. The van der Waals surface area contributed by atoms with Gasteiger partial charge in [0.25, 0.3) is 0 Å². The molecule has 1 amide bonds. The topological polar surface area (TPSA) is 98.2 Å². The molecular weight excluding hydrogens is 412 g/mol. The van der Waals surface area contributed by atoms with Gasteiger partial charge in [0.15, 0.2) is 0 Å². The largest absolute Gasteiger partial charge is 0.488 e. The molecule has 0 saturated carbocycles. The van der Waals surface area contributed by atoms with E-state index in [1.54, 1.807) is 39.0 Å². The fourth-order valence-electron chi connectivity index (χ4n) is 3.30. The zero-order valence-corrected chi connectivity index (χ0v) is 18.1. The van der Waals surface area contributed by atoms with Gasteiger partial charge in [0.05, 0.1) is 23.7 Å². The lowest BCUT2D eigenvalue weighted by Crippen LogP contribution is -2.43. The molecule has 9 heteroatoms. The van der Waals surface area contributed by atoms with Crippen molar-refractivity contribution >= 4 is 34.6 Å². The monoisotopic (exact) mass is 436 g/mol. The molecule has 162 valence electrons. The molecule has 2 unspecified atom stereocenters. The Morgan fingerprint density at radius 2 is 2.07 bits per heavy atom. The van der Waals surface area contributed by atoms with Crippen LogP contribution in [0.15, 0.2) is 24.3 Å². The lowest BCUT2D eigenvalue weighted by molar-refractivity contribution is -0.142. The van der Waals surface area contributed by atoms with Gasteiger partial charge in [0, 0.05) is 17.9 Å². The molecule has 2 atom stereocenters. The molecule has 1 N–H and O–H groups in total. The smallest absolute Gasteiger partial charge is 0.411 e. The van der Waals surface area contributed by atoms with E-state index in [9.17, 15) is 14.7 Å². The van der Waals surface area contributed by atoms with Gasteiger partial charge in [-0.15, -0.1) is 0 Å². The number of hydrogen-bond donors (Lipinski definition) is 1. The minimum absolute atomic E-state index is 0.0836. The van der Waals surface area contributed by atoms with Crippen molar-refractivity contribution in [3.63, 3.8) is 0 Å². The van der Waals surface area contributed by atoms with Crippen molar-refractivity contribution in [1.82, 2.24) is 9.88 Å². The first-order valence-corrected chi connectivity index (χ1v) is 10.1. The van der Waals surface area contributed by atoms with Crippen LogP contribution in [-0.4, -0.2) is 58.0 Å². The number of aromatic nitrogens is 1. The summed E-state index contributed by atoms with van der Waals surface area (Å²) in [5, 5.41) is 10.7. The Labute approximate surface area is 179 Å². The maximum atomic E-state index is 12.5. The predicted octanol–water partition coefficient (Wildman–Crippen LogP) is 4.13. The van der Waals surface area contributed by atoms with Crippen LogP contribution in [0.5, 0.6) is 11.6 Å². The normalized spacial score (nSPS) is 19.0. The molecule has 1 aliphatic rings. The van der Waals surface area contributed by atoms with Gasteiger partial charge in [-0.2, -0.15) is 0 Å². The van der Waals surface area contributed by atoms with E-state index in [1.165, 1.54) is 4.90 Å². The SMILES string of the molecule is CCOc1cc(OC2CC(C(=O)O)N(C(=O)OC(C)(C)C)C2)c2cccc(Cl)c2n1. The number of fused-ring (bicyclic) bond motifs is 1. The van der Waals surface area contributed by atoms with Gasteiger partial charge in [-0.3, -0.25) is 4.90 Å². The minimum Gasteiger partial charge on any atom is -0.488 e. The molecule has 8 nitrogen and oxygen atoms in total. The van der Waals surface area contributed by atoms with Crippen LogP contribution in [-0.2, 0) is 9.53 Å². The molecule has 0 spiro atoms. The number of carbonyl (C=O) groups excluding carboxylic acids is 1. The third-order valence-electron chi connectivity index (χ3n) is 4.49. The van der Waals surface area contributed by atoms with Crippen molar-refractivity contribution in [2.75, 3.05) is 13.2 Å². The third kappa shape index (κ3) is 4.87. The van der Waals surface area contributed by atoms with E-state index in [1.807, 2.05) is 13.0 Å². The Morgan fingerprint density at radius 1 is 1.33 bits per heavy atom. The molecule has 1 aromatic heterocycles. The quantitative estimate of drug-likeness (QED) is 0.752. The Hall–Kier alpha value is -2.74. The van der Waals surface area contributed by atoms with E-state index in [0.717, 1.165) is 0 Å². The number of nitrogens with zero attached hydrogens (tertiary/aromatic N) is 2. The van der Waals surface area contributed by atoms with E-state index < -0.39 is 29.8 Å². The number of carboxylic acids is 1. The molecule has 1 aliphatic heterocycles. The second-order valence-corrected chi connectivity index (χ2v) is 8.40. The van der Waals surface area contributed by atoms with Gasteiger partial charge in [0.1, 0.15) is 23.5 Å². The zero-order valence-electron chi connectivity index (χ0n) is 17.3. The van der Waals surface area contributed by atoms with E-state index in [0.29, 0.717) is 34.2 Å². The molecule has 3 rings (SSSR count). The molecular formula is C21H25ClN2O6. The Balaban J connectivity index is 1.89. The number of carboxylic acid groups (broad SMARTS) is 1. The van der Waals surface area contributed by atoms with E-state index in [4.69, 9.17) is 25.8 Å². The molecule has 0 aliphatic carbocycles. The van der Waals surface area contributed by atoms with E-state index >= 15 is 0 Å². The van der Waals surface area contributed by atoms with Crippen LogP contribution in [0.4, 0.5) is 4.79 Å². The van der Waals surface area contributed by atoms with Crippen LogP contribution in [0, 0.1) is 0 Å². The number of likely N-dealkylation sites (tertiary alicyclic amines) is 1. The number of benzene rings is 1. The summed E-state index contributed by atoms with van der Waals surface area (Å²) in [4.78, 5) is 29.8. The van der Waals surface area contributed by atoms with Gasteiger partial charge >= 0.3 is 12.1 Å². The summed E-state index contributed by atoms with van der Waals surface area (Å²) in [7, 11) is 0. The summed E-state index contributed by atoms with van der Waals surface area (Å²) >= 11 is 6.29. The fourth-order valence-corrected chi connectivity index (χ4v) is 3.52. The third-order valence-corrected chi connectivity index (χ3v) is 4.80. The van der Waals surface area contributed by atoms with Crippen LogP contribution in [0.25, 0.3) is 10.9 Å². The van der Waals surface area contributed by atoms with Gasteiger partial charge in [-0.05, 0) is 39.8 Å². The van der Waals surface area contributed by atoms with E-state index in [-0.39, 0.29) is 13.0 Å². The number of para-hydroxylation sites is 1. The lowest BCUT2D eigenvalue weighted by Gasteiger charge is -2.26. The van der Waals surface area contributed by atoms with Crippen LogP contribution in [0.1, 0.15) is 34.1 Å². The summed E-state index contributed by atoms with van der Waals surface area (Å²) in [6.07, 6.45) is -1.10. The maximum absolute atomic E-state index is 12.5. The second kappa shape index (κ2) is 8.55. The number of amides is 1. The van der Waals surface area contributed by atoms with Crippen molar-refractivity contribution < 1.29 is 28.9 Å². The average molecular weight is 437 g/mol. The number of hydrogen-bond acceptors (Lipinski definition) is 6. The highest BCUT2D eigenvalue weighted by molar-refractivity contribution is 6.35. The molecule has 2 heterocycles. The molecule has 2 aromatic rings. The Bertz CT molecular complexity index is 958. The van der Waals surface area contributed by atoms with Gasteiger partial charge in [0.2, 0.25) is 5.88 Å². The fraction of sp³-hybridized carbons (Fsp3) is 0.476. The molecule has 0 radical (unpaired) electrons. The van der Waals surface area contributed by atoms with Crippen LogP contribution in [0.2, 0.25) is 5.02 Å². The summed E-state index contributed by atoms with van der Waals surface area (Å²) < 4.78 is 17.0. The van der Waals surface area contributed by atoms with Crippen LogP contribution in [0.3, 0.4) is 0 Å². The summed E-state index contributed by atoms with van der Waals surface area (Å²) in [6.45, 7) is 7.53. The molecule has 1 aromatic carbocycles. The van der Waals surface area contributed by atoms with Crippen molar-refractivity contribution in [2.24, 2.45) is 0 Å². The molecule has 30 heavy (non-hydrogen) atoms. The molecule has 1 saturated heterocycles. The first-order valence-electron chi connectivity index (χ1n) is 9.70. The number of halogens is 1. The van der Waals surface area contributed by atoms with Crippen molar-refractivity contribution in [1.29, 1.82) is 0 Å². The number of aliphatic carboxylic acids is 1. The zero-order chi connectivity index (χ0) is 22.1. The minimum atomic E-state index is -1.11. The number of carbonyl (C=O) groups is 2. The standard InChI is InChI=1S/C21H25ClN2O6/c1-5-28-17-10-16(13-7-6-8-14(22)18(13)23-17)29-12-9-15(19(25)26)24(11-12)20(27)30-21(2,3)4/h6-8,10,12,15H,5,9,11H2,1-4H3,(H,25,26). The first kappa shape index (κ1) is 22.0.